The number of carbonyl (C=O) groups is 1. The highest BCUT2D eigenvalue weighted by Crippen LogP contribution is 2.25. The van der Waals surface area contributed by atoms with Crippen LogP contribution in [0.2, 0.25) is 0 Å². The van der Waals surface area contributed by atoms with E-state index in [4.69, 9.17) is 5.11 Å². The SMILES string of the molecule is CC[C@@H](CO)NC(=O)Nc1cc(C)c([N+](=O)[O-])cc1C. The van der Waals surface area contributed by atoms with Gasteiger partial charge in [0, 0.05) is 17.3 Å². The molecule has 7 nitrogen and oxygen atoms in total. The summed E-state index contributed by atoms with van der Waals surface area (Å²) in [6.45, 7) is 5.01. The number of nitrogens with zero attached hydrogens (tertiary/aromatic N) is 1. The second-order valence-corrected chi connectivity index (χ2v) is 4.60. The average molecular weight is 281 g/mol. The van der Waals surface area contributed by atoms with E-state index in [0.717, 1.165) is 0 Å². The van der Waals surface area contributed by atoms with E-state index < -0.39 is 11.0 Å². The van der Waals surface area contributed by atoms with Crippen LogP contribution < -0.4 is 10.6 Å². The number of aryl methyl sites for hydroxylation is 2. The van der Waals surface area contributed by atoms with Crippen LogP contribution in [0.15, 0.2) is 12.1 Å². The fourth-order valence-electron chi connectivity index (χ4n) is 1.75. The largest absolute Gasteiger partial charge is 0.394 e. The molecule has 3 N–H and O–H groups in total. The molecule has 0 aliphatic heterocycles. The quantitative estimate of drug-likeness (QED) is 0.567. The predicted molar refractivity (Wildman–Crippen MR) is 75.9 cm³/mol. The number of amides is 2. The molecule has 7 heteroatoms. The highest BCUT2D eigenvalue weighted by molar-refractivity contribution is 5.90. The zero-order chi connectivity index (χ0) is 15.3. The first-order chi connectivity index (χ1) is 9.38. The van der Waals surface area contributed by atoms with E-state index >= 15 is 0 Å². The number of carbonyl (C=O) groups excluding carboxylic acids is 1. The molecule has 0 saturated heterocycles. The number of hydrogen-bond donors (Lipinski definition) is 3. The first-order valence-electron chi connectivity index (χ1n) is 6.33. The predicted octanol–water partition coefficient (Wildman–Crippen LogP) is 2.10. The van der Waals surface area contributed by atoms with E-state index in [1.807, 2.05) is 6.92 Å². The van der Waals surface area contributed by atoms with E-state index in [-0.39, 0.29) is 18.3 Å². The van der Waals surface area contributed by atoms with Gasteiger partial charge in [0.15, 0.2) is 0 Å². The minimum absolute atomic E-state index is 0.0234. The van der Waals surface area contributed by atoms with Crippen molar-refractivity contribution in [2.24, 2.45) is 0 Å². The molecule has 1 aromatic rings. The van der Waals surface area contributed by atoms with E-state index in [2.05, 4.69) is 10.6 Å². The lowest BCUT2D eigenvalue weighted by Crippen LogP contribution is -2.39. The first-order valence-corrected chi connectivity index (χ1v) is 6.33. The highest BCUT2D eigenvalue weighted by atomic mass is 16.6. The molecule has 0 saturated carbocycles. The third-order valence-electron chi connectivity index (χ3n) is 3.04. The minimum Gasteiger partial charge on any atom is -0.394 e. The number of rotatable bonds is 5. The number of benzene rings is 1. The lowest BCUT2D eigenvalue weighted by atomic mass is 10.1. The number of anilines is 1. The lowest BCUT2D eigenvalue weighted by molar-refractivity contribution is -0.385. The van der Waals surface area contributed by atoms with Crippen LogP contribution in [0.25, 0.3) is 0 Å². The Hall–Kier alpha value is -2.15. The van der Waals surface area contributed by atoms with Crippen LogP contribution in [0, 0.1) is 24.0 Å². The average Bonchev–Trinajstić information content (AvgIpc) is 2.39. The van der Waals surface area contributed by atoms with Crippen LogP contribution in [-0.4, -0.2) is 28.7 Å². The smallest absolute Gasteiger partial charge is 0.319 e. The lowest BCUT2D eigenvalue weighted by Gasteiger charge is -2.16. The van der Waals surface area contributed by atoms with Gasteiger partial charge in [0.2, 0.25) is 0 Å². The van der Waals surface area contributed by atoms with Gasteiger partial charge >= 0.3 is 6.03 Å². The van der Waals surface area contributed by atoms with Crippen LogP contribution in [0.4, 0.5) is 16.2 Å². The highest BCUT2D eigenvalue weighted by Gasteiger charge is 2.15. The van der Waals surface area contributed by atoms with Crippen LogP contribution >= 0.6 is 0 Å². The number of nitro groups is 1. The Morgan fingerprint density at radius 2 is 2.05 bits per heavy atom. The topological polar surface area (TPSA) is 104 Å². The van der Waals surface area contributed by atoms with Crippen molar-refractivity contribution in [3.63, 3.8) is 0 Å². The number of aliphatic hydroxyl groups is 1. The first kappa shape index (κ1) is 15.9. The Morgan fingerprint density at radius 3 is 2.55 bits per heavy atom. The molecule has 0 aromatic heterocycles. The standard InChI is InChI=1S/C13H19N3O4/c1-4-10(7-17)14-13(18)15-11-5-9(3)12(16(19)20)6-8(11)2/h5-6,10,17H,4,7H2,1-3H3,(H2,14,15,18)/t10-/m0/s1. The second-order valence-electron chi connectivity index (χ2n) is 4.60. The van der Waals surface area contributed by atoms with E-state index in [0.29, 0.717) is 23.2 Å². The van der Waals surface area contributed by atoms with Crippen LogP contribution in [-0.2, 0) is 0 Å². The molecule has 0 heterocycles. The summed E-state index contributed by atoms with van der Waals surface area (Å²) in [6.07, 6.45) is 0.613. The van der Waals surface area contributed by atoms with Crippen LogP contribution in [0.5, 0.6) is 0 Å². The number of aliphatic hydroxyl groups excluding tert-OH is 1. The van der Waals surface area contributed by atoms with Gasteiger partial charge in [0.25, 0.3) is 5.69 Å². The molecule has 0 aliphatic rings. The monoisotopic (exact) mass is 281 g/mol. The Labute approximate surface area is 117 Å². The van der Waals surface area contributed by atoms with Crippen molar-refractivity contribution >= 4 is 17.4 Å². The van der Waals surface area contributed by atoms with Crippen LogP contribution in [0.1, 0.15) is 24.5 Å². The van der Waals surface area contributed by atoms with Crippen molar-refractivity contribution in [2.45, 2.75) is 33.2 Å². The molecule has 1 atom stereocenters. The zero-order valence-electron chi connectivity index (χ0n) is 11.8. The Bertz CT molecular complexity index is 513. The summed E-state index contributed by atoms with van der Waals surface area (Å²) in [5, 5.41) is 25.1. The van der Waals surface area contributed by atoms with Gasteiger partial charge in [-0.05, 0) is 31.9 Å². The molecule has 0 fully saturated rings. The number of hydrogen-bond acceptors (Lipinski definition) is 4. The van der Waals surface area contributed by atoms with E-state index in [1.54, 1.807) is 19.9 Å². The Kier molecular flexibility index (Phi) is 5.45. The fraction of sp³-hybridized carbons (Fsp3) is 0.462. The number of urea groups is 1. The summed E-state index contributed by atoms with van der Waals surface area (Å²) in [5.41, 5.74) is 1.62. The maximum Gasteiger partial charge on any atom is 0.319 e. The molecule has 1 rings (SSSR count). The zero-order valence-corrected chi connectivity index (χ0v) is 11.8. The van der Waals surface area contributed by atoms with Crippen molar-refractivity contribution in [1.29, 1.82) is 0 Å². The van der Waals surface area contributed by atoms with Gasteiger partial charge in [0.1, 0.15) is 0 Å². The van der Waals surface area contributed by atoms with Crippen molar-refractivity contribution < 1.29 is 14.8 Å². The van der Waals surface area contributed by atoms with Crippen molar-refractivity contribution in [2.75, 3.05) is 11.9 Å². The molecule has 0 aliphatic carbocycles. The van der Waals surface area contributed by atoms with E-state index in [9.17, 15) is 14.9 Å². The maximum absolute atomic E-state index is 11.8. The van der Waals surface area contributed by atoms with Crippen molar-refractivity contribution in [3.8, 4) is 0 Å². The summed E-state index contributed by atoms with van der Waals surface area (Å²) < 4.78 is 0. The molecule has 0 spiro atoms. The molecular formula is C13H19N3O4. The molecule has 0 radical (unpaired) electrons. The summed E-state index contributed by atoms with van der Waals surface area (Å²) in [6, 6.07) is 2.23. The van der Waals surface area contributed by atoms with Gasteiger partial charge in [-0.3, -0.25) is 10.1 Å². The minimum atomic E-state index is -0.453. The van der Waals surface area contributed by atoms with Gasteiger partial charge in [-0.1, -0.05) is 6.92 Å². The van der Waals surface area contributed by atoms with Gasteiger partial charge in [-0.15, -0.1) is 0 Å². The summed E-state index contributed by atoms with van der Waals surface area (Å²) >= 11 is 0. The molecule has 0 bridgehead atoms. The van der Waals surface area contributed by atoms with Crippen LogP contribution in [0.3, 0.4) is 0 Å². The summed E-state index contributed by atoms with van der Waals surface area (Å²) in [4.78, 5) is 22.1. The van der Waals surface area contributed by atoms with Gasteiger partial charge in [-0.2, -0.15) is 0 Å². The molecule has 20 heavy (non-hydrogen) atoms. The number of nitrogens with one attached hydrogen (secondary N) is 2. The molecule has 0 unspecified atom stereocenters. The van der Waals surface area contributed by atoms with Crippen molar-refractivity contribution in [3.05, 3.63) is 33.4 Å². The molecular weight excluding hydrogens is 262 g/mol. The fourth-order valence-corrected chi connectivity index (χ4v) is 1.75. The van der Waals surface area contributed by atoms with Crippen molar-refractivity contribution in [1.82, 2.24) is 5.32 Å². The normalized spacial score (nSPS) is 11.8. The summed E-state index contributed by atoms with van der Waals surface area (Å²) in [7, 11) is 0. The Morgan fingerprint density at radius 1 is 1.40 bits per heavy atom. The Balaban J connectivity index is 2.85. The third kappa shape index (κ3) is 3.92. The molecule has 1 aromatic carbocycles. The molecule has 2 amide bonds. The van der Waals surface area contributed by atoms with Gasteiger partial charge in [-0.25, -0.2) is 4.79 Å². The second kappa shape index (κ2) is 6.85. The van der Waals surface area contributed by atoms with Gasteiger partial charge < -0.3 is 15.7 Å². The van der Waals surface area contributed by atoms with Gasteiger partial charge in [0.05, 0.1) is 17.6 Å². The number of nitro benzene ring substituents is 1. The maximum atomic E-state index is 11.8. The third-order valence-corrected chi connectivity index (χ3v) is 3.04. The summed E-state index contributed by atoms with van der Waals surface area (Å²) in [5.74, 6) is 0. The molecule has 110 valence electrons. The van der Waals surface area contributed by atoms with E-state index in [1.165, 1.54) is 6.07 Å².